The van der Waals surface area contributed by atoms with Gasteiger partial charge in [-0.15, -0.1) is 11.3 Å². The zero-order valence-electron chi connectivity index (χ0n) is 10.6. The van der Waals surface area contributed by atoms with E-state index >= 15 is 0 Å². The maximum absolute atomic E-state index is 6.20. The summed E-state index contributed by atoms with van der Waals surface area (Å²) in [5, 5.41) is 2.58. The molecule has 1 aromatic carbocycles. The standard InChI is InChI=1S/C13H11ClN4S2/c1-7-6-8-11(19-7)16-13(18-15)17-12(8)20-10-5-3-2-4-9(10)14/h2-6H,15H2,1H3,(H,16,17,18). The highest BCUT2D eigenvalue weighted by atomic mass is 35.5. The van der Waals surface area contributed by atoms with Crippen molar-refractivity contribution < 1.29 is 0 Å². The molecule has 2 aromatic heterocycles. The SMILES string of the molecule is Cc1cc2c(Sc3ccccc3Cl)nc(NN)nc2s1. The number of hydrogen-bond donors (Lipinski definition) is 2. The molecular formula is C13H11ClN4S2. The van der Waals surface area contributed by atoms with Gasteiger partial charge in [-0.25, -0.2) is 15.8 Å². The first-order valence-corrected chi connectivity index (χ1v) is 7.85. The van der Waals surface area contributed by atoms with Gasteiger partial charge in [0.05, 0.1) is 5.02 Å². The highest BCUT2D eigenvalue weighted by Gasteiger charge is 2.12. The number of thiophene rings is 1. The number of hydrazine groups is 1. The minimum atomic E-state index is 0.411. The quantitative estimate of drug-likeness (QED) is 0.432. The molecular weight excluding hydrogens is 312 g/mol. The van der Waals surface area contributed by atoms with Crippen molar-refractivity contribution in [2.45, 2.75) is 16.8 Å². The summed E-state index contributed by atoms with van der Waals surface area (Å²) >= 11 is 9.33. The van der Waals surface area contributed by atoms with Crippen LogP contribution in [0, 0.1) is 6.92 Å². The van der Waals surface area contributed by atoms with Gasteiger partial charge < -0.3 is 0 Å². The van der Waals surface area contributed by atoms with E-state index in [9.17, 15) is 0 Å². The number of nitrogens with zero attached hydrogens (tertiary/aromatic N) is 2. The van der Waals surface area contributed by atoms with Gasteiger partial charge in [0.15, 0.2) is 0 Å². The molecule has 0 unspecified atom stereocenters. The molecule has 0 fully saturated rings. The smallest absolute Gasteiger partial charge is 0.239 e. The maximum atomic E-state index is 6.20. The monoisotopic (exact) mass is 322 g/mol. The summed E-state index contributed by atoms with van der Waals surface area (Å²) in [5.74, 6) is 5.85. The molecule has 4 nitrogen and oxygen atoms in total. The number of nitrogen functional groups attached to an aromatic ring is 1. The van der Waals surface area contributed by atoms with Gasteiger partial charge in [-0.2, -0.15) is 0 Å². The van der Waals surface area contributed by atoms with Crippen molar-refractivity contribution in [2.24, 2.45) is 5.84 Å². The van der Waals surface area contributed by atoms with Crippen LogP contribution < -0.4 is 11.3 Å². The summed E-state index contributed by atoms with van der Waals surface area (Å²) in [6, 6.07) is 9.77. The largest absolute Gasteiger partial charge is 0.292 e. The number of aryl methyl sites for hydroxylation is 1. The van der Waals surface area contributed by atoms with E-state index in [-0.39, 0.29) is 0 Å². The number of nitrogens with one attached hydrogen (secondary N) is 1. The van der Waals surface area contributed by atoms with E-state index in [0.29, 0.717) is 11.0 Å². The van der Waals surface area contributed by atoms with E-state index in [1.807, 2.05) is 31.2 Å². The van der Waals surface area contributed by atoms with Gasteiger partial charge in [0.25, 0.3) is 0 Å². The van der Waals surface area contributed by atoms with Crippen LogP contribution in [0.2, 0.25) is 5.02 Å². The minimum Gasteiger partial charge on any atom is -0.292 e. The lowest BCUT2D eigenvalue weighted by Crippen LogP contribution is -2.10. The van der Waals surface area contributed by atoms with Gasteiger partial charge in [-0.05, 0) is 25.1 Å². The first-order chi connectivity index (χ1) is 9.67. The fourth-order valence-corrected chi connectivity index (χ4v) is 3.90. The molecule has 0 saturated heterocycles. The molecule has 0 amide bonds. The fourth-order valence-electron chi connectivity index (χ4n) is 1.79. The number of nitrogens with two attached hydrogens (primary N) is 1. The van der Waals surface area contributed by atoms with E-state index in [0.717, 1.165) is 20.1 Å². The molecule has 20 heavy (non-hydrogen) atoms. The summed E-state index contributed by atoms with van der Waals surface area (Å²) in [7, 11) is 0. The van der Waals surface area contributed by atoms with E-state index in [4.69, 9.17) is 17.4 Å². The van der Waals surface area contributed by atoms with Crippen molar-refractivity contribution >= 4 is 50.9 Å². The van der Waals surface area contributed by atoms with E-state index in [1.165, 1.54) is 16.6 Å². The minimum absolute atomic E-state index is 0.411. The van der Waals surface area contributed by atoms with Crippen LogP contribution in [0.4, 0.5) is 5.95 Å². The molecule has 0 atom stereocenters. The lowest BCUT2D eigenvalue weighted by Gasteiger charge is -2.06. The van der Waals surface area contributed by atoms with Crippen LogP contribution in [0.25, 0.3) is 10.2 Å². The number of halogens is 1. The summed E-state index contributed by atoms with van der Waals surface area (Å²) in [5.41, 5.74) is 2.51. The Hall–Kier alpha value is -1.34. The van der Waals surface area contributed by atoms with E-state index < -0.39 is 0 Å². The Morgan fingerprint density at radius 2 is 2.10 bits per heavy atom. The highest BCUT2D eigenvalue weighted by Crippen LogP contribution is 2.38. The van der Waals surface area contributed by atoms with Crippen LogP contribution in [-0.4, -0.2) is 9.97 Å². The number of rotatable bonds is 3. The average molecular weight is 323 g/mol. The van der Waals surface area contributed by atoms with Gasteiger partial charge in [-0.3, -0.25) is 5.43 Å². The molecule has 0 bridgehead atoms. The Balaban J connectivity index is 2.12. The zero-order valence-corrected chi connectivity index (χ0v) is 12.9. The van der Waals surface area contributed by atoms with Gasteiger partial charge in [0.2, 0.25) is 5.95 Å². The molecule has 0 aliphatic carbocycles. The normalized spacial score (nSPS) is 10.9. The molecule has 3 N–H and O–H groups in total. The van der Waals surface area contributed by atoms with Gasteiger partial charge in [-0.1, -0.05) is 35.5 Å². The Bertz CT molecular complexity index is 772. The molecule has 0 aliphatic rings. The third-order valence-corrected chi connectivity index (χ3v) is 5.12. The van der Waals surface area contributed by atoms with Crippen LogP contribution in [0.1, 0.15) is 4.88 Å². The second-order valence-electron chi connectivity index (χ2n) is 4.11. The maximum Gasteiger partial charge on any atom is 0.239 e. The summed E-state index contributed by atoms with van der Waals surface area (Å²) < 4.78 is 0. The number of benzene rings is 1. The molecule has 0 spiro atoms. The lowest BCUT2D eigenvalue weighted by atomic mass is 10.4. The number of aromatic nitrogens is 2. The zero-order chi connectivity index (χ0) is 14.1. The third-order valence-electron chi connectivity index (χ3n) is 2.65. The second kappa shape index (κ2) is 5.57. The van der Waals surface area contributed by atoms with Crippen molar-refractivity contribution in [2.75, 3.05) is 5.43 Å². The molecule has 0 radical (unpaired) electrons. The fraction of sp³-hybridized carbons (Fsp3) is 0.0769. The van der Waals surface area contributed by atoms with Crippen LogP contribution in [0.3, 0.4) is 0 Å². The molecule has 0 saturated carbocycles. The molecule has 3 aromatic rings. The van der Waals surface area contributed by atoms with Crippen LogP contribution in [0.5, 0.6) is 0 Å². The van der Waals surface area contributed by atoms with Gasteiger partial charge in [0.1, 0.15) is 9.86 Å². The van der Waals surface area contributed by atoms with Crippen molar-refractivity contribution in [3.05, 3.63) is 40.2 Å². The third kappa shape index (κ3) is 2.60. The van der Waals surface area contributed by atoms with E-state index in [2.05, 4.69) is 21.5 Å². The van der Waals surface area contributed by atoms with Crippen molar-refractivity contribution in [1.82, 2.24) is 9.97 Å². The number of fused-ring (bicyclic) bond motifs is 1. The molecule has 3 rings (SSSR count). The number of hydrogen-bond acceptors (Lipinski definition) is 6. The summed E-state index contributed by atoms with van der Waals surface area (Å²) in [6.07, 6.45) is 0. The Morgan fingerprint density at radius 1 is 1.30 bits per heavy atom. The topological polar surface area (TPSA) is 63.8 Å². The number of anilines is 1. The molecule has 0 aliphatic heterocycles. The summed E-state index contributed by atoms with van der Waals surface area (Å²) in [4.78, 5) is 11.9. The van der Waals surface area contributed by atoms with E-state index in [1.54, 1.807) is 11.3 Å². The first-order valence-electron chi connectivity index (χ1n) is 5.84. The second-order valence-corrected chi connectivity index (χ2v) is 6.78. The Morgan fingerprint density at radius 3 is 2.85 bits per heavy atom. The first kappa shape index (κ1) is 13.6. The Kier molecular flexibility index (Phi) is 3.80. The molecule has 2 heterocycles. The summed E-state index contributed by atoms with van der Waals surface area (Å²) in [6.45, 7) is 2.05. The van der Waals surface area contributed by atoms with Crippen molar-refractivity contribution in [1.29, 1.82) is 0 Å². The Labute approximate surface area is 129 Å². The predicted octanol–water partition coefficient (Wildman–Crippen LogP) is 4.09. The van der Waals surface area contributed by atoms with Crippen LogP contribution >= 0.6 is 34.7 Å². The molecule has 7 heteroatoms. The van der Waals surface area contributed by atoms with Crippen molar-refractivity contribution in [3.8, 4) is 0 Å². The molecule has 102 valence electrons. The van der Waals surface area contributed by atoms with Gasteiger partial charge >= 0.3 is 0 Å². The van der Waals surface area contributed by atoms with Gasteiger partial charge in [0, 0.05) is 15.2 Å². The van der Waals surface area contributed by atoms with Crippen LogP contribution in [0.15, 0.2) is 40.3 Å². The predicted molar refractivity (Wildman–Crippen MR) is 85.5 cm³/mol. The van der Waals surface area contributed by atoms with Crippen molar-refractivity contribution in [3.63, 3.8) is 0 Å². The highest BCUT2D eigenvalue weighted by molar-refractivity contribution is 7.99. The average Bonchev–Trinajstić information content (AvgIpc) is 2.81. The lowest BCUT2D eigenvalue weighted by molar-refractivity contribution is 1.08. The van der Waals surface area contributed by atoms with Crippen LogP contribution in [-0.2, 0) is 0 Å².